The molecule has 1 saturated heterocycles. The van der Waals surface area contributed by atoms with E-state index in [9.17, 15) is 14.7 Å². The number of aryl methyl sites for hydroxylation is 1. The lowest BCUT2D eigenvalue weighted by atomic mass is 10.0. The maximum Gasteiger partial charge on any atom is 0.234 e. The van der Waals surface area contributed by atoms with E-state index in [2.05, 4.69) is 41.1 Å². The number of piperazine rings is 1. The number of aliphatic hydroxyl groups is 1. The molecule has 0 saturated carbocycles. The minimum Gasteiger partial charge on any atom is -0.390 e. The third kappa shape index (κ3) is 7.75. The average Bonchev–Trinajstić information content (AvgIpc) is 2.79. The summed E-state index contributed by atoms with van der Waals surface area (Å²) in [5, 5.41) is 20.0. The largest absolute Gasteiger partial charge is 0.390 e. The maximum absolute atomic E-state index is 12.7. The van der Waals surface area contributed by atoms with Crippen LogP contribution in [0, 0.1) is 0 Å². The second kappa shape index (κ2) is 12.3. The second-order valence-corrected chi connectivity index (χ2v) is 8.30. The van der Waals surface area contributed by atoms with Crippen LogP contribution in [-0.2, 0) is 29.0 Å². The topological polar surface area (TPSA) is 93.7 Å². The van der Waals surface area contributed by atoms with Crippen LogP contribution in [0.2, 0.25) is 0 Å². The lowest BCUT2D eigenvalue weighted by Gasteiger charge is -2.28. The van der Waals surface area contributed by atoms with Crippen LogP contribution in [0.5, 0.6) is 0 Å². The van der Waals surface area contributed by atoms with E-state index < -0.39 is 12.1 Å². The van der Waals surface area contributed by atoms with Crippen LogP contribution in [0.1, 0.15) is 23.6 Å². The Balaban J connectivity index is 1.56. The van der Waals surface area contributed by atoms with Crippen molar-refractivity contribution in [3.8, 4) is 0 Å². The highest BCUT2D eigenvalue weighted by molar-refractivity contribution is 5.82. The number of benzene rings is 2. The van der Waals surface area contributed by atoms with Gasteiger partial charge in [0.05, 0.1) is 25.2 Å². The molecule has 3 rings (SSSR count). The molecule has 7 heteroatoms. The first kappa shape index (κ1) is 23.9. The van der Waals surface area contributed by atoms with Gasteiger partial charge >= 0.3 is 0 Å². The van der Waals surface area contributed by atoms with Gasteiger partial charge in [0.1, 0.15) is 0 Å². The lowest BCUT2D eigenvalue weighted by Crippen LogP contribution is -2.54. The molecule has 0 aromatic heterocycles. The van der Waals surface area contributed by atoms with Crippen LogP contribution in [-0.4, -0.2) is 66.7 Å². The van der Waals surface area contributed by atoms with E-state index in [4.69, 9.17) is 0 Å². The molecule has 1 heterocycles. The highest BCUT2D eigenvalue weighted by Crippen LogP contribution is 2.08. The summed E-state index contributed by atoms with van der Waals surface area (Å²) in [5.41, 5.74) is 3.50. The van der Waals surface area contributed by atoms with Crippen molar-refractivity contribution in [2.24, 2.45) is 0 Å². The molecule has 2 unspecified atom stereocenters. The quantitative estimate of drug-likeness (QED) is 0.418. The highest BCUT2D eigenvalue weighted by atomic mass is 16.3. The first-order chi connectivity index (χ1) is 15.5. The third-order valence-electron chi connectivity index (χ3n) is 5.68. The number of nitrogens with one attached hydrogen (secondary N) is 3. The van der Waals surface area contributed by atoms with Gasteiger partial charge in [-0.2, -0.15) is 0 Å². The summed E-state index contributed by atoms with van der Waals surface area (Å²) in [6.45, 7) is 4.69. The van der Waals surface area contributed by atoms with Crippen molar-refractivity contribution >= 4 is 11.8 Å². The Morgan fingerprint density at radius 3 is 2.62 bits per heavy atom. The third-order valence-corrected chi connectivity index (χ3v) is 5.68. The van der Waals surface area contributed by atoms with Gasteiger partial charge in [-0.25, -0.2) is 0 Å². The van der Waals surface area contributed by atoms with E-state index in [-0.39, 0.29) is 24.9 Å². The predicted molar refractivity (Wildman–Crippen MR) is 125 cm³/mol. The number of nitrogens with zero attached hydrogens (tertiary/aromatic N) is 1. The first-order valence-electron chi connectivity index (χ1n) is 11.3. The maximum atomic E-state index is 12.7. The molecule has 0 spiro atoms. The van der Waals surface area contributed by atoms with E-state index >= 15 is 0 Å². The van der Waals surface area contributed by atoms with Gasteiger partial charge in [-0.05, 0) is 29.5 Å². The molecular formula is C25H34N4O3. The van der Waals surface area contributed by atoms with Gasteiger partial charge in [-0.3, -0.25) is 14.5 Å². The van der Waals surface area contributed by atoms with Gasteiger partial charge in [0.15, 0.2) is 0 Å². The molecule has 1 aliphatic rings. The highest BCUT2D eigenvalue weighted by Gasteiger charge is 2.24. The van der Waals surface area contributed by atoms with Crippen molar-refractivity contribution in [1.82, 2.24) is 20.9 Å². The lowest BCUT2D eigenvalue weighted by molar-refractivity contribution is -0.127. The number of carbonyl (C=O) groups is 2. The number of rotatable bonds is 11. The number of amides is 2. The van der Waals surface area contributed by atoms with Crippen LogP contribution in [0.4, 0.5) is 0 Å². The summed E-state index contributed by atoms with van der Waals surface area (Å²) in [4.78, 5) is 26.1. The zero-order valence-electron chi connectivity index (χ0n) is 18.7. The summed E-state index contributed by atoms with van der Waals surface area (Å²) >= 11 is 0. The molecule has 0 bridgehead atoms. The number of hydrogen-bond donors (Lipinski definition) is 4. The SMILES string of the molecule is CCc1cccc(CNCC(O)C(Cc2ccccc2)NC(=O)CN2CCNC(=O)C2)c1. The Bertz CT molecular complexity index is 875. The first-order valence-corrected chi connectivity index (χ1v) is 11.3. The van der Waals surface area contributed by atoms with E-state index in [0.29, 0.717) is 32.6 Å². The van der Waals surface area contributed by atoms with Gasteiger partial charge in [0.25, 0.3) is 0 Å². The summed E-state index contributed by atoms with van der Waals surface area (Å²) in [6.07, 6.45) is 0.764. The molecule has 32 heavy (non-hydrogen) atoms. The van der Waals surface area contributed by atoms with Crippen LogP contribution in [0.25, 0.3) is 0 Å². The summed E-state index contributed by atoms with van der Waals surface area (Å²) in [6, 6.07) is 17.8. The van der Waals surface area contributed by atoms with Crippen molar-refractivity contribution in [2.75, 3.05) is 32.7 Å². The average molecular weight is 439 g/mol. The fourth-order valence-electron chi connectivity index (χ4n) is 3.90. The van der Waals surface area contributed by atoms with E-state index in [1.807, 2.05) is 41.3 Å². The second-order valence-electron chi connectivity index (χ2n) is 8.30. The van der Waals surface area contributed by atoms with Crippen molar-refractivity contribution in [3.05, 3.63) is 71.3 Å². The van der Waals surface area contributed by atoms with Gasteiger partial charge < -0.3 is 21.1 Å². The fourth-order valence-corrected chi connectivity index (χ4v) is 3.90. The number of hydrogen-bond acceptors (Lipinski definition) is 5. The molecule has 2 atom stereocenters. The van der Waals surface area contributed by atoms with Crippen LogP contribution in [0.15, 0.2) is 54.6 Å². The molecule has 7 nitrogen and oxygen atoms in total. The minimum absolute atomic E-state index is 0.0683. The zero-order chi connectivity index (χ0) is 22.8. The van der Waals surface area contributed by atoms with Gasteiger partial charge in [-0.1, -0.05) is 61.5 Å². The number of carbonyl (C=O) groups excluding carboxylic acids is 2. The molecule has 172 valence electrons. The summed E-state index contributed by atoms with van der Waals surface area (Å²) < 4.78 is 0. The van der Waals surface area contributed by atoms with Crippen molar-refractivity contribution in [1.29, 1.82) is 0 Å². The fraction of sp³-hybridized carbons (Fsp3) is 0.440. The number of aliphatic hydroxyl groups excluding tert-OH is 1. The predicted octanol–water partition coefficient (Wildman–Crippen LogP) is 0.859. The van der Waals surface area contributed by atoms with Crippen LogP contribution >= 0.6 is 0 Å². The zero-order valence-corrected chi connectivity index (χ0v) is 18.7. The molecule has 2 amide bonds. The molecule has 1 aliphatic heterocycles. The van der Waals surface area contributed by atoms with Gasteiger partial charge in [0, 0.05) is 26.2 Å². The molecule has 0 radical (unpaired) electrons. The standard InChI is InChI=1S/C25H34N4O3/c1-2-19-9-6-10-21(13-19)15-26-16-23(30)22(14-20-7-4-3-5-8-20)28-25(32)18-29-12-11-27-24(31)17-29/h3-10,13,22-23,26,30H,2,11-12,14-18H2,1H3,(H,27,31)(H,28,32). The summed E-state index contributed by atoms with van der Waals surface area (Å²) in [5.74, 6) is -0.253. The Morgan fingerprint density at radius 2 is 1.88 bits per heavy atom. The van der Waals surface area contributed by atoms with Gasteiger partial charge in [-0.15, -0.1) is 0 Å². The van der Waals surface area contributed by atoms with Crippen molar-refractivity contribution < 1.29 is 14.7 Å². The van der Waals surface area contributed by atoms with E-state index in [1.165, 1.54) is 11.1 Å². The van der Waals surface area contributed by atoms with Crippen LogP contribution < -0.4 is 16.0 Å². The van der Waals surface area contributed by atoms with Crippen molar-refractivity contribution in [2.45, 2.75) is 38.5 Å². The Labute approximate surface area is 190 Å². The normalized spacial score (nSPS) is 16.2. The van der Waals surface area contributed by atoms with E-state index in [0.717, 1.165) is 12.0 Å². The Morgan fingerprint density at radius 1 is 1.12 bits per heavy atom. The smallest absolute Gasteiger partial charge is 0.234 e. The molecular weight excluding hydrogens is 404 g/mol. The van der Waals surface area contributed by atoms with E-state index in [1.54, 1.807) is 0 Å². The van der Waals surface area contributed by atoms with Crippen molar-refractivity contribution in [3.63, 3.8) is 0 Å². The molecule has 2 aromatic carbocycles. The monoisotopic (exact) mass is 438 g/mol. The van der Waals surface area contributed by atoms with Gasteiger partial charge in [0.2, 0.25) is 11.8 Å². The molecule has 4 N–H and O–H groups in total. The Kier molecular flexibility index (Phi) is 9.22. The molecule has 2 aromatic rings. The Hall–Kier alpha value is -2.74. The molecule has 0 aliphatic carbocycles. The summed E-state index contributed by atoms with van der Waals surface area (Å²) in [7, 11) is 0. The minimum atomic E-state index is -0.752. The molecule has 1 fully saturated rings. The van der Waals surface area contributed by atoms with Crippen LogP contribution in [0.3, 0.4) is 0 Å².